The van der Waals surface area contributed by atoms with Crippen molar-refractivity contribution in [2.24, 2.45) is 4.99 Å². The number of aliphatic imine (C=N–C) groups is 1. The maximum atomic E-state index is 5.88. The van der Waals surface area contributed by atoms with Gasteiger partial charge in [-0.1, -0.05) is 42.5 Å². The maximum Gasteiger partial charge on any atom is 0.161 e. The SMILES string of the molecule is C/C=C\C(COc1ccc(/C=C/c2cc(/C=C/c3c[nH]c4ccccc34)[nH]n2)cc1OC)=N/C. The summed E-state index contributed by atoms with van der Waals surface area (Å²) in [6.07, 6.45) is 13.9. The van der Waals surface area contributed by atoms with Gasteiger partial charge in [-0.05, 0) is 60.5 Å². The largest absolute Gasteiger partial charge is 0.493 e. The zero-order chi connectivity index (χ0) is 23.8. The van der Waals surface area contributed by atoms with E-state index in [0.29, 0.717) is 18.1 Å². The fraction of sp³-hybridized carbons (Fsp3) is 0.143. The first-order valence-corrected chi connectivity index (χ1v) is 11.1. The number of hydrogen-bond donors (Lipinski definition) is 2. The van der Waals surface area contributed by atoms with Crippen molar-refractivity contribution >= 4 is 40.9 Å². The quantitative estimate of drug-likeness (QED) is 0.294. The number of nitrogens with zero attached hydrogens (tertiary/aromatic N) is 2. The van der Waals surface area contributed by atoms with Crippen molar-refractivity contribution in [1.29, 1.82) is 0 Å². The number of fused-ring (bicyclic) bond motifs is 1. The average molecular weight is 453 g/mol. The van der Waals surface area contributed by atoms with Crippen molar-refractivity contribution in [2.75, 3.05) is 20.8 Å². The normalized spacial score (nSPS) is 12.5. The van der Waals surface area contributed by atoms with Crippen molar-refractivity contribution in [3.05, 3.63) is 89.4 Å². The molecule has 6 heteroatoms. The summed E-state index contributed by atoms with van der Waals surface area (Å²) >= 11 is 0. The Bertz CT molecular complexity index is 1370. The Balaban J connectivity index is 1.42. The first-order chi connectivity index (χ1) is 16.7. The zero-order valence-electron chi connectivity index (χ0n) is 19.6. The second-order valence-electron chi connectivity index (χ2n) is 7.62. The Morgan fingerprint density at radius 2 is 1.91 bits per heavy atom. The molecule has 0 saturated carbocycles. The number of aromatic amines is 2. The number of nitrogens with one attached hydrogen (secondary N) is 2. The molecule has 34 heavy (non-hydrogen) atoms. The third-order valence-corrected chi connectivity index (χ3v) is 5.34. The van der Waals surface area contributed by atoms with Gasteiger partial charge in [-0.2, -0.15) is 5.10 Å². The van der Waals surface area contributed by atoms with Crippen LogP contribution in [0.25, 0.3) is 35.2 Å². The van der Waals surface area contributed by atoms with E-state index in [-0.39, 0.29) is 0 Å². The molecule has 0 fully saturated rings. The van der Waals surface area contributed by atoms with Gasteiger partial charge in [0.25, 0.3) is 0 Å². The van der Waals surface area contributed by atoms with Crippen molar-refractivity contribution < 1.29 is 9.47 Å². The third kappa shape index (κ3) is 5.53. The first-order valence-electron chi connectivity index (χ1n) is 11.1. The molecule has 2 heterocycles. The van der Waals surface area contributed by atoms with Crippen LogP contribution in [-0.4, -0.2) is 41.7 Å². The molecule has 0 saturated heterocycles. The van der Waals surface area contributed by atoms with E-state index < -0.39 is 0 Å². The minimum Gasteiger partial charge on any atom is -0.493 e. The third-order valence-electron chi connectivity index (χ3n) is 5.34. The minimum atomic E-state index is 0.383. The minimum absolute atomic E-state index is 0.383. The van der Waals surface area contributed by atoms with Gasteiger partial charge in [0.15, 0.2) is 11.5 Å². The highest BCUT2D eigenvalue weighted by molar-refractivity contribution is 5.96. The van der Waals surface area contributed by atoms with Gasteiger partial charge < -0.3 is 14.5 Å². The average Bonchev–Trinajstić information content (AvgIpc) is 3.51. The highest BCUT2D eigenvalue weighted by Gasteiger charge is 2.06. The molecule has 0 amide bonds. The van der Waals surface area contributed by atoms with Crippen LogP contribution in [0.5, 0.6) is 11.5 Å². The van der Waals surface area contributed by atoms with Crippen molar-refractivity contribution in [1.82, 2.24) is 15.2 Å². The summed E-state index contributed by atoms with van der Waals surface area (Å²) < 4.78 is 11.4. The summed E-state index contributed by atoms with van der Waals surface area (Å²) in [4.78, 5) is 7.50. The lowest BCUT2D eigenvalue weighted by atomic mass is 10.1. The lowest BCUT2D eigenvalue weighted by Crippen LogP contribution is -2.09. The molecule has 0 spiro atoms. The molecule has 4 rings (SSSR count). The highest BCUT2D eigenvalue weighted by atomic mass is 16.5. The van der Waals surface area contributed by atoms with Gasteiger partial charge in [0, 0.05) is 24.1 Å². The number of benzene rings is 2. The van der Waals surface area contributed by atoms with E-state index in [1.165, 1.54) is 5.39 Å². The molecule has 0 bridgehead atoms. The maximum absolute atomic E-state index is 5.88. The molecule has 0 unspecified atom stereocenters. The summed E-state index contributed by atoms with van der Waals surface area (Å²) in [5.74, 6) is 1.34. The summed E-state index contributed by atoms with van der Waals surface area (Å²) in [5.41, 5.74) is 5.88. The van der Waals surface area contributed by atoms with Crippen molar-refractivity contribution in [2.45, 2.75) is 6.92 Å². The van der Waals surface area contributed by atoms with Gasteiger partial charge in [0.05, 0.1) is 24.2 Å². The number of hydrogen-bond acceptors (Lipinski definition) is 4. The van der Waals surface area contributed by atoms with E-state index in [4.69, 9.17) is 9.47 Å². The molecule has 0 radical (unpaired) electrons. The lowest BCUT2D eigenvalue weighted by Gasteiger charge is -2.11. The van der Waals surface area contributed by atoms with Crippen molar-refractivity contribution in [3.63, 3.8) is 0 Å². The van der Waals surface area contributed by atoms with Crippen LogP contribution in [0.4, 0.5) is 0 Å². The summed E-state index contributed by atoms with van der Waals surface area (Å²) in [5, 5.41) is 8.64. The number of para-hydroxylation sites is 1. The van der Waals surface area contributed by atoms with Gasteiger partial charge in [-0.15, -0.1) is 0 Å². The Kier molecular flexibility index (Phi) is 7.40. The molecule has 6 nitrogen and oxygen atoms in total. The molecular weight excluding hydrogens is 424 g/mol. The zero-order valence-corrected chi connectivity index (χ0v) is 19.6. The molecule has 172 valence electrons. The van der Waals surface area contributed by atoms with Crippen molar-refractivity contribution in [3.8, 4) is 11.5 Å². The predicted octanol–water partition coefficient (Wildman–Crippen LogP) is 6.27. The second-order valence-corrected chi connectivity index (χ2v) is 7.62. The van der Waals surface area contributed by atoms with Crippen LogP contribution < -0.4 is 9.47 Å². The molecule has 0 aliphatic rings. The highest BCUT2D eigenvalue weighted by Crippen LogP contribution is 2.29. The monoisotopic (exact) mass is 452 g/mol. The smallest absolute Gasteiger partial charge is 0.161 e. The molecule has 2 aromatic carbocycles. The fourth-order valence-corrected chi connectivity index (χ4v) is 3.56. The number of rotatable bonds is 9. The predicted molar refractivity (Wildman–Crippen MR) is 141 cm³/mol. The van der Waals surface area contributed by atoms with Crippen LogP contribution in [0, 0.1) is 0 Å². The molecule has 0 aliphatic carbocycles. The van der Waals surface area contributed by atoms with Crippen LogP contribution in [0.2, 0.25) is 0 Å². The van der Waals surface area contributed by atoms with E-state index >= 15 is 0 Å². The summed E-state index contributed by atoms with van der Waals surface area (Å²) in [6.45, 7) is 2.34. The molecule has 0 atom stereocenters. The molecular formula is C28H28N4O2. The van der Waals surface area contributed by atoms with E-state index in [1.54, 1.807) is 14.2 Å². The summed E-state index contributed by atoms with van der Waals surface area (Å²) in [7, 11) is 3.39. The molecule has 0 aliphatic heterocycles. The van der Waals surface area contributed by atoms with Crippen LogP contribution in [0.15, 0.2) is 71.9 Å². The number of allylic oxidation sites excluding steroid dienone is 1. The molecule has 4 aromatic rings. The number of aromatic nitrogens is 3. The summed E-state index contributed by atoms with van der Waals surface area (Å²) in [6, 6.07) is 16.1. The van der Waals surface area contributed by atoms with Gasteiger partial charge in [-0.3, -0.25) is 10.1 Å². The van der Waals surface area contributed by atoms with Crippen LogP contribution in [-0.2, 0) is 0 Å². The molecule has 2 N–H and O–H groups in total. The Hall–Kier alpha value is -4.32. The second kappa shape index (κ2) is 11.0. The first kappa shape index (κ1) is 22.9. The van der Waals surface area contributed by atoms with Crippen LogP contribution >= 0.6 is 0 Å². The topological polar surface area (TPSA) is 75.3 Å². The van der Waals surface area contributed by atoms with Crippen LogP contribution in [0.3, 0.4) is 0 Å². The Morgan fingerprint density at radius 1 is 1.03 bits per heavy atom. The van der Waals surface area contributed by atoms with Gasteiger partial charge in [0.2, 0.25) is 0 Å². The number of ether oxygens (including phenoxy) is 2. The van der Waals surface area contributed by atoms with E-state index in [9.17, 15) is 0 Å². The van der Waals surface area contributed by atoms with Gasteiger partial charge >= 0.3 is 0 Å². The standard InChI is InChI=1S/C28H28N4O2/c1-4-7-24(29-2)19-34-27-15-11-20(16-28(27)33-3)10-13-22-17-23(32-31-22)14-12-21-18-30-26-9-6-5-8-25(21)26/h4-18,30H,19H2,1-3H3,(H,31,32)/b7-4-,13-10+,14-12+,29-24+. The van der Waals surface area contributed by atoms with Gasteiger partial charge in [-0.25, -0.2) is 0 Å². The van der Waals surface area contributed by atoms with E-state index in [2.05, 4.69) is 38.4 Å². The van der Waals surface area contributed by atoms with Gasteiger partial charge in [0.1, 0.15) is 6.61 Å². The Morgan fingerprint density at radius 3 is 2.74 bits per heavy atom. The van der Waals surface area contributed by atoms with Crippen LogP contribution in [0.1, 0.15) is 29.4 Å². The Labute approximate surface area is 199 Å². The molecule has 2 aromatic heterocycles. The fourth-order valence-electron chi connectivity index (χ4n) is 3.56. The number of H-pyrrole nitrogens is 2. The van der Waals surface area contributed by atoms with E-state index in [0.717, 1.165) is 33.7 Å². The number of methoxy groups -OCH3 is 1. The van der Waals surface area contributed by atoms with E-state index in [1.807, 2.05) is 79.9 Å². The lowest BCUT2D eigenvalue weighted by molar-refractivity contribution is 0.335.